The fourth-order valence-corrected chi connectivity index (χ4v) is 3.29. The summed E-state index contributed by atoms with van der Waals surface area (Å²) >= 11 is 0. The number of hydrogen-bond acceptors (Lipinski definition) is 2. The van der Waals surface area contributed by atoms with Gasteiger partial charge in [0.2, 0.25) is 5.91 Å². The largest absolute Gasteiger partial charge is 0.312 e. The van der Waals surface area contributed by atoms with Gasteiger partial charge in [-0.05, 0) is 43.4 Å². The number of nitrogens with zero attached hydrogens (tertiary/aromatic N) is 1. The molecule has 3 nitrogen and oxygen atoms in total. The predicted octanol–water partition coefficient (Wildman–Crippen LogP) is 3.12. The molecule has 1 aromatic carbocycles. The fourth-order valence-electron chi connectivity index (χ4n) is 3.29. The smallest absolute Gasteiger partial charge is 0.230 e. The van der Waals surface area contributed by atoms with Gasteiger partial charge in [-0.3, -0.25) is 4.79 Å². The first kappa shape index (κ1) is 13.6. The molecule has 0 saturated heterocycles. The Kier molecular flexibility index (Phi) is 3.79. The van der Waals surface area contributed by atoms with Crippen molar-refractivity contribution < 1.29 is 4.79 Å². The number of nitrogens with one attached hydrogen (secondary N) is 1. The zero-order valence-corrected chi connectivity index (χ0v) is 12.4. The second-order valence-corrected chi connectivity index (χ2v) is 6.07. The van der Waals surface area contributed by atoms with Gasteiger partial charge in [0.25, 0.3) is 0 Å². The van der Waals surface area contributed by atoms with E-state index in [-0.39, 0.29) is 5.92 Å². The van der Waals surface area contributed by atoms with Gasteiger partial charge in [-0.1, -0.05) is 32.0 Å². The number of para-hydroxylation sites is 1. The first-order valence-corrected chi connectivity index (χ1v) is 7.86. The van der Waals surface area contributed by atoms with Crippen LogP contribution in [0, 0.1) is 11.8 Å². The van der Waals surface area contributed by atoms with Gasteiger partial charge in [0.1, 0.15) is 0 Å². The minimum Gasteiger partial charge on any atom is -0.312 e. The van der Waals surface area contributed by atoms with E-state index in [1.807, 2.05) is 11.0 Å². The molecule has 1 aromatic rings. The average Bonchev–Trinajstić information content (AvgIpc) is 3.31. The lowest BCUT2D eigenvalue weighted by Crippen LogP contribution is -2.42. The summed E-state index contributed by atoms with van der Waals surface area (Å²) in [5.41, 5.74) is 2.39. The summed E-state index contributed by atoms with van der Waals surface area (Å²) in [5, 5.41) is 3.53. The van der Waals surface area contributed by atoms with Crippen LogP contribution in [0.3, 0.4) is 0 Å². The molecule has 2 aliphatic rings. The fraction of sp³-hybridized carbons (Fsp3) is 0.588. The maximum absolute atomic E-state index is 12.7. The van der Waals surface area contributed by atoms with Gasteiger partial charge in [0, 0.05) is 24.2 Å². The van der Waals surface area contributed by atoms with Crippen molar-refractivity contribution in [3.05, 3.63) is 29.8 Å². The molecule has 1 amide bonds. The van der Waals surface area contributed by atoms with E-state index >= 15 is 0 Å². The highest BCUT2D eigenvalue weighted by atomic mass is 16.2. The number of rotatable bonds is 4. The summed E-state index contributed by atoms with van der Waals surface area (Å²) in [6.45, 7) is 6.03. The Morgan fingerprint density at radius 3 is 2.80 bits per heavy atom. The van der Waals surface area contributed by atoms with Gasteiger partial charge >= 0.3 is 0 Å². The van der Waals surface area contributed by atoms with Gasteiger partial charge < -0.3 is 10.2 Å². The summed E-state index contributed by atoms with van der Waals surface area (Å²) in [5.74, 6) is 1.12. The van der Waals surface area contributed by atoms with E-state index in [1.54, 1.807) is 0 Å². The third kappa shape index (κ3) is 2.47. The third-order valence-corrected chi connectivity index (χ3v) is 4.68. The van der Waals surface area contributed by atoms with E-state index in [0.29, 0.717) is 17.9 Å². The quantitative estimate of drug-likeness (QED) is 0.913. The Morgan fingerprint density at radius 2 is 2.10 bits per heavy atom. The normalized spacial score (nSPS) is 23.3. The van der Waals surface area contributed by atoms with E-state index in [1.165, 1.54) is 18.4 Å². The van der Waals surface area contributed by atoms with Crippen LogP contribution < -0.4 is 10.2 Å². The van der Waals surface area contributed by atoms with Crippen molar-refractivity contribution in [2.45, 2.75) is 39.2 Å². The van der Waals surface area contributed by atoms with Crippen molar-refractivity contribution in [3.8, 4) is 0 Å². The summed E-state index contributed by atoms with van der Waals surface area (Å²) in [6, 6.07) is 8.74. The minimum atomic E-state index is 0.179. The van der Waals surface area contributed by atoms with Crippen LogP contribution in [0.5, 0.6) is 0 Å². The number of anilines is 1. The first-order valence-electron chi connectivity index (χ1n) is 7.86. The predicted molar refractivity (Wildman–Crippen MR) is 81.7 cm³/mol. The zero-order chi connectivity index (χ0) is 14.1. The average molecular weight is 272 g/mol. The Bertz CT molecular complexity index is 496. The molecule has 1 heterocycles. The number of amides is 1. The molecule has 0 aromatic heterocycles. The molecule has 0 bridgehead atoms. The van der Waals surface area contributed by atoms with Crippen molar-refractivity contribution in [2.24, 2.45) is 11.8 Å². The van der Waals surface area contributed by atoms with Crippen LogP contribution in [0.1, 0.15) is 44.7 Å². The second kappa shape index (κ2) is 5.57. The molecule has 1 fully saturated rings. The van der Waals surface area contributed by atoms with Crippen LogP contribution in [0.15, 0.2) is 24.3 Å². The van der Waals surface area contributed by atoms with Crippen molar-refractivity contribution in [2.75, 3.05) is 18.0 Å². The number of fused-ring (bicyclic) bond motifs is 1. The summed E-state index contributed by atoms with van der Waals surface area (Å²) in [6.07, 6.45) is 3.46. The number of carbonyl (C=O) groups is 1. The Morgan fingerprint density at radius 1 is 1.35 bits per heavy atom. The Hall–Kier alpha value is -1.35. The lowest BCUT2D eigenvalue weighted by molar-refractivity contribution is -0.122. The molecule has 1 N–H and O–H groups in total. The van der Waals surface area contributed by atoms with Crippen LogP contribution in [-0.2, 0) is 4.79 Å². The molecule has 2 unspecified atom stereocenters. The number of hydrogen-bond donors (Lipinski definition) is 1. The highest BCUT2D eigenvalue weighted by Gasteiger charge is 2.37. The number of benzene rings is 1. The second-order valence-electron chi connectivity index (χ2n) is 6.07. The van der Waals surface area contributed by atoms with Crippen molar-refractivity contribution in [1.82, 2.24) is 5.32 Å². The minimum absolute atomic E-state index is 0.179. The third-order valence-electron chi connectivity index (χ3n) is 4.68. The van der Waals surface area contributed by atoms with Gasteiger partial charge in [-0.2, -0.15) is 0 Å². The molecule has 108 valence electrons. The Balaban J connectivity index is 1.86. The van der Waals surface area contributed by atoms with Gasteiger partial charge in [-0.25, -0.2) is 0 Å². The molecule has 1 aliphatic carbocycles. The van der Waals surface area contributed by atoms with Gasteiger partial charge in [0.05, 0.1) is 0 Å². The molecule has 1 saturated carbocycles. The van der Waals surface area contributed by atoms with E-state index in [4.69, 9.17) is 0 Å². The monoisotopic (exact) mass is 272 g/mol. The molecular weight excluding hydrogens is 248 g/mol. The van der Waals surface area contributed by atoms with Gasteiger partial charge in [0.15, 0.2) is 0 Å². The molecular formula is C17H24N2O. The molecule has 1 aliphatic heterocycles. The number of carbonyl (C=O) groups excluding carboxylic acids is 1. The summed E-state index contributed by atoms with van der Waals surface area (Å²) in [4.78, 5) is 14.7. The topological polar surface area (TPSA) is 32.3 Å². The lowest BCUT2D eigenvalue weighted by Gasteiger charge is -2.36. The zero-order valence-electron chi connectivity index (χ0n) is 12.4. The molecule has 3 heteroatoms. The van der Waals surface area contributed by atoms with Crippen LogP contribution >= 0.6 is 0 Å². The van der Waals surface area contributed by atoms with Crippen molar-refractivity contribution in [1.29, 1.82) is 0 Å². The van der Waals surface area contributed by atoms with Crippen LogP contribution in [0.2, 0.25) is 0 Å². The first-order chi connectivity index (χ1) is 9.72. The van der Waals surface area contributed by atoms with Crippen LogP contribution in [-0.4, -0.2) is 19.0 Å². The molecule has 2 atom stereocenters. The van der Waals surface area contributed by atoms with Gasteiger partial charge in [-0.15, -0.1) is 0 Å². The summed E-state index contributed by atoms with van der Waals surface area (Å²) < 4.78 is 0. The van der Waals surface area contributed by atoms with E-state index in [2.05, 4.69) is 37.4 Å². The Labute approximate surface area is 121 Å². The van der Waals surface area contributed by atoms with E-state index in [9.17, 15) is 4.79 Å². The van der Waals surface area contributed by atoms with Crippen LogP contribution in [0.4, 0.5) is 5.69 Å². The van der Waals surface area contributed by atoms with Crippen molar-refractivity contribution >= 4 is 11.6 Å². The molecule has 20 heavy (non-hydrogen) atoms. The van der Waals surface area contributed by atoms with E-state index < -0.39 is 0 Å². The SMILES string of the molecule is CCNC1CCN(C(=O)C(C)C2CC2)c2ccccc21. The highest BCUT2D eigenvalue weighted by molar-refractivity contribution is 5.96. The maximum Gasteiger partial charge on any atom is 0.230 e. The standard InChI is InChI=1S/C17H24N2O/c1-3-18-15-10-11-19(16-7-5-4-6-14(15)16)17(20)12(2)13-8-9-13/h4-7,12-13,15,18H,3,8-11H2,1-2H3. The molecule has 0 radical (unpaired) electrons. The van der Waals surface area contributed by atoms with Crippen molar-refractivity contribution in [3.63, 3.8) is 0 Å². The highest BCUT2D eigenvalue weighted by Crippen LogP contribution is 2.40. The van der Waals surface area contributed by atoms with Crippen LogP contribution in [0.25, 0.3) is 0 Å². The molecule has 3 rings (SSSR count). The molecule has 0 spiro atoms. The summed E-state index contributed by atoms with van der Waals surface area (Å²) in [7, 11) is 0. The van der Waals surface area contributed by atoms with E-state index in [0.717, 1.165) is 25.2 Å². The maximum atomic E-state index is 12.7. The lowest BCUT2D eigenvalue weighted by atomic mass is 9.94.